The summed E-state index contributed by atoms with van der Waals surface area (Å²) >= 11 is 12.1. The molecule has 5 heteroatoms. The lowest BCUT2D eigenvalue weighted by molar-refractivity contribution is -0.125. The van der Waals surface area contributed by atoms with Crippen molar-refractivity contribution < 1.29 is 4.79 Å². The number of benzene rings is 1. The second-order valence-corrected chi connectivity index (χ2v) is 8.18. The first-order valence-corrected chi connectivity index (χ1v) is 8.63. The van der Waals surface area contributed by atoms with E-state index in [0.717, 1.165) is 12.1 Å². The Morgan fingerprint density at radius 2 is 1.91 bits per heavy atom. The van der Waals surface area contributed by atoms with Crippen molar-refractivity contribution in [1.29, 1.82) is 0 Å². The molecule has 1 saturated carbocycles. The largest absolute Gasteiger partial charge is 0.351 e. The summed E-state index contributed by atoms with van der Waals surface area (Å²) in [6, 6.07) is 8.41. The van der Waals surface area contributed by atoms with Gasteiger partial charge in [0, 0.05) is 13.1 Å². The van der Waals surface area contributed by atoms with Gasteiger partial charge in [-0.2, -0.15) is 0 Å². The summed E-state index contributed by atoms with van der Waals surface area (Å²) in [6.45, 7) is 5.70. The van der Waals surface area contributed by atoms with E-state index in [0.29, 0.717) is 13.0 Å². The highest BCUT2D eigenvalue weighted by atomic mass is 35.5. The average molecular weight is 341 g/mol. The number of nitrogens with zero attached hydrogens (tertiary/aromatic N) is 1. The van der Waals surface area contributed by atoms with Crippen molar-refractivity contribution in [3.63, 3.8) is 0 Å². The Morgan fingerprint density at radius 3 is 2.55 bits per heavy atom. The number of hydrogen-bond acceptors (Lipinski definition) is 2. The molecule has 3 rings (SSSR count). The van der Waals surface area contributed by atoms with Gasteiger partial charge >= 0.3 is 0 Å². The van der Waals surface area contributed by atoms with Crippen LogP contribution in [-0.2, 0) is 17.9 Å². The predicted octanol–water partition coefficient (Wildman–Crippen LogP) is 3.48. The van der Waals surface area contributed by atoms with Crippen molar-refractivity contribution in [3.05, 3.63) is 35.4 Å². The first kappa shape index (κ1) is 16.1. The molecule has 1 aliphatic heterocycles. The van der Waals surface area contributed by atoms with Crippen molar-refractivity contribution >= 4 is 29.1 Å². The molecule has 1 aliphatic carbocycles. The van der Waals surface area contributed by atoms with E-state index in [1.165, 1.54) is 31.5 Å². The van der Waals surface area contributed by atoms with Crippen LogP contribution >= 0.6 is 23.2 Å². The Balaban J connectivity index is 1.55. The van der Waals surface area contributed by atoms with Crippen LogP contribution in [0.3, 0.4) is 0 Å². The third-order valence-electron chi connectivity index (χ3n) is 4.81. The molecule has 1 atom stereocenters. The molecule has 1 aromatic carbocycles. The van der Waals surface area contributed by atoms with Gasteiger partial charge in [0.25, 0.3) is 0 Å². The predicted molar refractivity (Wildman–Crippen MR) is 90.0 cm³/mol. The molecule has 1 amide bonds. The van der Waals surface area contributed by atoms with E-state index in [2.05, 4.69) is 28.4 Å². The summed E-state index contributed by atoms with van der Waals surface area (Å²) < 4.78 is -0.908. The van der Waals surface area contributed by atoms with Crippen molar-refractivity contribution in [2.75, 3.05) is 13.1 Å². The van der Waals surface area contributed by atoms with E-state index in [1.54, 1.807) is 0 Å². The maximum atomic E-state index is 12.2. The topological polar surface area (TPSA) is 32.3 Å². The number of nitrogens with one attached hydrogen (secondary N) is 1. The van der Waals surface area contributed by atoms with Gasteiger partial charge in [-0.25, -0.2) is 0 Å². The van der Waals surface area contributed by atoms with E-state index >= 15 is 0 Å². The summed E-state index contributed by atoms with van der Waals surface area (Å²) in [6.07, 6.45) is 3.11. The molecule has 0 aromatic heterocycles. The molecule has 2 fully saturated rings. The summed E-state index contributed by atoms with van der Waals surface area (Å²) in [5.74, 6) is -0.0672. The van der Waals surface area contributed by atoms with Crippen LogP contribution in [0.5, 0.6) is 0 Å². The fourth-order valence-corrected chi connectivity index (χ4v) is 3.77. The van der Waals surface area contributed by atoms with Gasteiger partial charge < -0.3 is 5.32 Å². The van der Waals surface area contributed by atoms with Crippen LogP contribution in [0, 0.1) is 5.41 Å². The lowest BCUT2D eigenvalue weighted by atomic mass is 10.1. The molecular formula is C17H22Cl2N2O. The van der Waals surface area contributed by atoms with Gasteiger partial charge in [-0.1, -0.05) is 24.3 Å². The normalized spacial score (nSPS) is 26.9. The van der Waals surface area contributed by atoms with Crippen LogP contribution in [-0.4, -0.2) is 28.2 Å². The highest BCUT2D eigenvalue weighted by molar-refractivity contribution is 6.53. The van der Waals surface area contributed by atoms with E-state index in [9.17, 15) is 4.79 Å². The lowest BCUT2D eigenvalue weighted by Crippen LogP contribution is -2.32. The summed E-state index contributed by atoms with van der Waals surface area (Å²) in [4.78, 5) is 14.7. The van der Waals surface area contributed by atoms with Crippen LogP contribution in [0.4, 0.5) is 0 Å². The maximum absolute atomic E-state index is 12.2. The number of rotatable bonds is 5. The minimum absolute atomic E-state index is 0.0672. The number of halogens is 2. The van der Waals surface area contributed by atoms with Gasteiger partial charge in [0.15, 0.2) is 0 Å². The minimum Gasteiger partial charge on any atom is -0.351 e. The number of hydrogen-bond donors (Lipinski definition) is 1. The Labute approximate surface area is 142 Å². The van der Waals surface area contributed by atoms with Crippen LogP contribution in [0.1, 0.15) is 37.3 Å². The Hall–Kier alpha value is -0.770. The molecule has 1 saturated heterocycles. The Bertz CT molecular complexity index is 570. The highest BCUT2D eigenvalue weighted by Gasteiger charge is 2.67. The van der Waals surface area contributed by atoms with Gasteiger partial charge in [-0.15, -0.1) is 23.2 Å². The standard InChI is InChI=1S/C17H22Cl2N2O/c1-16(12-17(16,18)19)15(22)20-10-13-5-4-6-14(9-13)11-21-7-2-3-8-21/h4-6,9H,2-3,7-8,10-12H2,1H3,(H,20,22)/t16-/m1/s1. The quantitative estimate of drug-likeness (QED) is 0.832. The average Bonchev–Trinajstić information content (AvgIpc) is 2.82. The van der Waals surface area contributed by atoms with Gasteiger partial charge in [0.2, 0.25) is 5.91 Å². The monoisotopic (exact) mass is 340 g/mol. The Kier molecular flexibility index (Phi) is 4.41. The molecule has 1 N–H and O–H groups in total. The highest BCUT2D eigenvalue weighted by Crippen LogP contribution is 2.63. The van der Waals surface area contributed by atoms with E-state index in [1.807, 2.05) is 13.0 Å². The van der Waals surface area contributed by atoms with Gasteiger partial charge in [0.05, 0.1) is 5.41 Å². The summed E-state index contributed by atoms with van der Waals surface area (Å²) in [5.41, 5.74) is 1.77. The van der Waals surface area contributed by atoms with Gasteiger partial charge in [-0.3, -0.25) is 9.69 Å². The van der Waals surface area contributed by atoms with Crippen molar-refractivity contribution in [1.82, 2.24) is 10.2 Å². The number of carbonyl (C=O) groups excluding carboxylic acids is 1. The number of carbonyl (C=O) groups is 1. The molecule has 1 heterocycles. The van der Waals surface area contributed by atoms with Crippen LogP contribution in [0.2, 0.25) is 0 Å². The number of alkyl halides is 2. The van der Waals surface area contributed by atoms with Crippen LogP contribution in [0.25, 0.3) is 0 Å². The fourth-order valence-electron chi connectivity index (χ4n) is 3.06. The van der Waals surface area contributed by atoms with E-state index < -0.39 is 9.75 Å². The SMILES string of the molecule is C[C@]1(C(=O)NCc2cccc(CN3CCCC3)c2)CC1(Cl)Cl. The molecule has 3 nitrogen and oxygen atoms in total. The molecule has 120 valence electrons. The van der Waals surface area contributed by atoms with E-state index in [-0.39, 0.29) is 5.91 Å². The van der Waals surface area contributed by atoms with E-state index in [4.69, 9.17) is 23.2 Å². The first-order chi connectivity index (χ1) is 10.4. The summed E-state index contributed by atoms with van der Waals surface area (Å²) in [7, 11) is 0. The number of likely N-dealkylation sites (tertiary alicyclic amines) is 1. The lowest BCUT2D eigenvalue weighted by Gasteiger charge is -2.16. The zero-order valence-corrected chi connectivity index (χ0v) is 14.4. The summed E-state index contributed by atoms with van der Waals surface area (Å²) in [5, 5.41) is 2.96. The molecular weight excluding hydrogens is 319 g/mol. The van der Waals surface area contributed by atoms with Gasteiger partial charge in [-0.05, 0) is 50.4 Å². The maximum Gasteiger partial charge on any atom is 0.229 e. The third-order valence-corrected chi connectivity index (χ3v) is 5.91. The smallest absolute Gasteiger partial charge is 0.229 e. The second-order valence-electron chi connectivity index (χ2n) is 6.70. The number of amides is 1. The third kappa shape index (κ3) is 3.27. The van der Waals surface area contributed by atoms with Crippen LogP contribution < -0.4 is 5.32 Å². The minimum atomic E-state index is -0.908. The molecule has 2 aliphatic rings. The molecule has 22 heavy (non-hydrogen) atoms. The molecule has 0 unspecified atom stereocenters. The van der Waals surface area contributed by atoms with Crippen molar-refractivity contribution in [2.45, 2.75) is 43.6 Å². The zero-order valence-electron chi connectivity index (χ0n) is 12.9. The van der Waals surface area contributed by atoms with Crippen molar-refractivity contribution in [3.8, 4) is 0 Å². The van der Waals surface area contributed by atoms with Crippen LogP contribution in [0.15, 0.2) is 24.3 Å². The molecule has 0 radical (unpaired) electrons. The first-order valence-electron chi connectivity index (χ1n) is 7.87. The second kappa shape index (κ2) is 6.03. The zero-order chi connectivity index (χ0) is 15.8. The van der Waals surface area contributed by atoms with Crippen molar-refractivity contribution in [2.24, 2.45) is 5.41 Å². The molecule has 0 bridgehead atoms. The molecule has 1 aromatic rings. The molecule has 0 spiro atoms. The Morgan fingerprint density at radius 1 is 1.27 bits per heavy atom. The van der Waals surface area contributed by atoms with Gasteiger partial charge in [0.1, 0.15) is 4.33 Å². The fraction of sp³-hybridized carbons (Fsp3) is 0.588.